The molecule has 0 unspecified atom stereocenters. The maximum Gasteiger partial charge on any atom is 0.276 e. The average molecular weight is 348 g/mol. The average Bonchev–Trinajstić information content (AvgIpc) is 3.04. The number of halogens is 1. The van der Waals surface area contributed by atoms with Gasteiger partial charge in [0.25, 0.3) is 5.91 Å². The van der Waals surface area contributed by atoms with Gasteiger partial charge in [-0.1, -0.05) is 28.9 Å². The first-order chi connectivity index (χ1) is 11.5. The number of para-hydroxylation sites is 1. The highest BCUT2D eigenvalue weighted by molar-refractivity contribution is 6.32. The van der Waals surface area contributed by atoms with Crippen molar-refractivity contribution in [2.24, 2.45) is 11.7 Å². The zero-order valence-corrected chi connectivity index (χ0v) is 14.0. The van der Waals surface area contributed by atoms with Gasteiger partial charge in [-0.2, -0.15) is 0 Å². The van der Waals surface area contributed by atoms with Crippen LogP contribution in [-0.4, -0.2) is 44.3 Å². The number of hydrogen-bond acceptors (Lipinski definition) is 4. The number of carbonyl (C=O) groups excluding carboxylic acids is 2. The number of primary amides is 1. The summed E-state index contributed by atoms with van der Waals surface area (Å²) >= 11 is 6.14. The second-order valence-corrected chi connectivity index (χ2v) is 6.39. The molecule has 1 aliphatic rings. The molecule has 2 N–H and O–H groups in total. The Morgan fingerprint density at radius 1 is 1.29 bits per heavy atom. The molecule has 24 heavy (non-hydrogen) atoms. The van der Waals surface area contributed by atoms with Crippen LogP contribution in [0.3, 0.4) is 0 Å². The topological polar surface area (TPSA) is 94.1 Å². The van der Waals surface area contributed by atoms with Gasteiger partial charge in [0.2, 0.25) is 5.91 Å². The first-order valence-corrected chi connectivity index (χ1v) is 8.12. The van der Waals surface area contributed by atoms with Crippen molar-refractivity contribution < 1.29 is 9.59 Å². The van der Waals surface area contributed by atoms with Crippen molar-refractivity contribution in [3.05, 3.63) is 41.2 Å². The summed E-state index contributed by atoms with van der Waals surface area (Å²) in [4.78, 5) is 25.8. The minimum atomic E-state index is -0.376. The van der Waals surface area contributed by atoms with Gasteiger partial charge in [-0.3, -0.25) is 9.59 Å². The predicted octanol–water partition coefficient (Wildman–Crippen LogP) is 1.65. The van der Waals surface area contributed by atoms with Crippen molar-refractivity contribution in [1.82, 2.24) is 19.9 Å². The second kappa shape index (κ2) is 6.60. The molecule has 1 aromatic heterocycles. The molecule has 2 atom stereocenters. The lowest BCUT2D eigenvalue weighted by Gasteiger charge is -2.36. The van der Waals surface area contributed by atoms with Crippen LogP contribution in [0.5, 0.6) is 0 Å². The Hall–Kier alpha value is -2.41. The summed E-state index contributed by atoms with van der Waals surface area (Å²) in [5.41, 5.74) is 6.25. The van der Waals surface area contributed by atoms with Gasteiger partial charge in [-0.15, -0.1) is 5.10 Å². The molecule has 1 aromatic carbocycles. The molecule has 3 rings (SSSR count). The van der Waals surface area contributed by atoms with Gasteiger partial charge >= 0.3 is 0 Å². The molecule has 0 saturated carbocycles. The third-order valence-corrected chi connectivity index (χ3v) is 4.68. The fourth-order valence-corrected chi connectivity index (χ4v) is 3.11. The lowest BCUT2D eigenvalue weighted by molar-refractivity contribution is -0.123. The maximum absolute atomic E-state index is 12.7. The molecule has 0 spiro atoms. The summed E-state index contributed by atoms with van der Waals surface area (Å²) in [5, 5.41) is 8.46. The number of piperidine rings is 1. The van der Waals surface area contributed by atoms with Crippen molar-refractivity contribution in [2.75, 3.05) is 6.54 Å². The first-order valence-electron chi connectivity index (χ1n) is 7.75. The summed E-state index contributed by atoms with van der Waals surface area (Å²) in [6.45, 7) is 2.27. The van der Waals surface area contributed by atoms with Gasteiger partial charge in [0.15, 0.2) is 5.69 Å². The van der Waals surface area contributed by atoms with E-state index in [1.54, 1.807) is 23.2 Å². The maximum atomic E-state index is 12.7. The van der Waals surface area contributed by atoms with E-state index in [-0.39, 0.29) is 29.5 Å². The summed E-state index contributed by atoms with van der Waals surface area (Å²) in [5.74, 6) is -0.949. The van der Waals surface area contributed by atoms with Crippen molar-refractivity contribution in [3.8, 4) is 5.69 Å². The van der Waals surface area contributed by atoms with Crippen LogP contribution in [0.1, 0.15) is 30.3 Å². The third-order valence-electron chi connectivity index (χ3n) is 4.36. The normalized spacial score (nSPS) is 20.8. The minimum Gasteiger partial charge on any atom is -0.369 e. The van der Waals surface area contributed by atoms with E-state index in [4.69, 9.17) is 17.3 Å². The highest BCUT2D eigenvalue weighted by atomic mass is 35.5. The van der Waals surface area contributed by atoms with E-state index in [1.165, 1.54) is 4.68 Å². The van der Waals surface area contributed by atoms with Crippen LogP contribution in [0.2, 0.25) is 5.02 Å². The SMILES string of the molecule is C[C@H]1CC[C@H](C(N)=O)CN1C(=O)c1cn(-c2ccccc2Cl)nn1. The number of benzene rings is 1. The Labute approximate surface area is 144 Å². The Kier molecular flexibility index (Phi) is 4.53. The number of nitrogens with two attached hydrogens (primary N) is 1. The van der Waals surface area contributed by atoms with E-state index in [0.717, 1.165) is 6.42 Å². The van der Waals surface area contributed by atoms with E-state index >= 15 is 0 Å². The van der Waals surface area contributed by atoms with Crippen LogP contribution in [0, 0.1) is 5.92 Å². The molecule has 1 aliphatic heterocycles. The number of amides is 2. The molecular formula is C16H18ClN5O2. The van der Waals surface area contributed by atoms with Crippen LogP contribution in [-0.2, 0) is 4.79 Å². The van der Waals surface area contributed by atoms with E-state index < -0.39 is 0 Å². The minimum absolute atomic E-state index is 0.0264. The molecule has 2 aromatic rings. The smallest absolute Gasteiger partial charge is 0.276 e. The molecule has 2 amide bonds. The summed E-state index contributed by atoms with van der Waals surface area (Å²) in [6.07, 6.45) is 2.98. The Morgan fingerprint density at radius 2 is 2.04 bits per heavy atom. The van der Waals surface area contributed by atoms with Crippen LogP contribution in [0.25, 0.3) is 5.69 Å². The molecule has 126 valence electrons. The Morgan fingerprint density at radius 3 is 2.75 bits per heavy atom. The zero-order chi connectivity index (χ0) is 17.3. The number of rotatable bonds is 3. The first kappa shape index (κ1) is 16.4. The van der Waals surface area contributed by atoms with Crippen molar-refractivity contribution in [3.63, 3.8) is 0 Å². The number of carbonyl (C=O) groups is 2. The molecule has 1 saturated heterocycles. The molecule has 1 fully saturated rings. The number of nitrogens with zero attached hydrogens (tertiary/aromatic N) is 4. The van der Waals surface area contributed by atoms with Crippen molar-refractivity contribution in [2.45, 2.75) is 25.8 Å². The summed E-state index contributed by atoms with van der Waals surface area (Å²) in [7, 11) is 0. The van der Waals surface area contributed by atoms with Crippen molar-refractivity contribution >= 4 is 23.4 Å². The van der Waals surface area contributed by atoms with Gasteiger partial charge in [0.05, 0.1) is 22.8 Å². The standard InChI is InChI=1S/C16H18ClN5O2/c1-10-6-7-11(15(18)23)8-21(10)16(24)13-9-22(20-19-13)14-5-3-2-4-12(14)17/h2-5,9-11H,6-8H2,1H3,(H2,18,23)/t10-,11-/m0/s1. The lowest BCUT2D eigenvalue weighted by atomic mass is 9.92. The van der Waals surface area contributed by atoms with Crippen LogP contribution in [0.15, 0.2) is 30.5 Å². The second-order valence-electron chi connectivity index (χ2n) is 5.98. The highest BCUT2D eigenvalue weighted by Gasteiger charge is 2.33. The lowest BCUT2D eigenvalue weighted by Crippen LogP contribution is -2.48. The van der Waals surface area contributed by atoms with Gasteiger partial charge in [-0.25, -0.2) is 4.68 Å². The van der Waals surface area contributed by atoms with Crippen LogP contribution < -0.4 is 5.73 Å². The quantitative estimate of drug-likeness (QED) is 0.913. The number of likely N-dealkylation sites (tertiary alicyclic amines) is 1. The van der Waals surface area contributed by atoms with Gasteiger partial charge in [-0.05, 0) is 31.9 Å². The fourth-order valence-electron chi connectivity index (χ4n) is 2.89. The van der Waals surface area contributed by atoms with Gasteiger partial charge < -0.3 is 10.6 Å². The van der Waals surface area contributed by atoms with E-state index in [1.807, 2.05) is 19.1 Å². The largest absolute Gasteiger partial charge is 0.369 e. The Bertz CT molecular complexity index is 775. The molecule has 0 aliphatic carbocycles. The Balaban J connectivity index is 1.83. The van der Waals surface area contributed by atoms with Crippen molar-refractivity contribution in [1.29, 1.82) is 0 Å². The molecule has 2 heterocycles. The zero-order valence-electron chi connectivity index (χ0n) is 13.2. The van der Waals surface area contributed by atoms with Gasteiger partial charge in [0, 0.05) is 12.6 Å². The van der Waals surface area contributed by atoms with E-state index in [9.17, 15) is 9.59 Å². The predicted molar refractivity (Wildman–Crippen MR) is 88.8 cm³/mol. The third kappa shape index (κ3) is 3.12. The molecule has 8 heteroatoms. The monoisotopic (exact) mass is 347 g/mol. The van der Waals surface area contributed by atoms with E-state index in [0.29, 0.717) is 23.7 Å². The molecule has 7 nitrogen and oxygen atoms in total. The summed E-state index contributed by atoms with van der Waals surface area (Å²) < 4.78 is 1.47. The molecule has 0 radical (unpaired) electrons. The molecular weight excluding hydrogens is 330 g/mol. The van der Waals surface area contributed by atoms with E-state index in [2.05, 4.69) is 10.3 Å². The number of hydrogen-bond donors (Lipinski definition) is 1. The van der Waals surface area contributed by atoms with Crippen LogP contribution >= 0.6 is 11.6 Å². The highest BCUT2D eigenvalue weighted by Crippen LogP contribution is 2.24. The van der Waals surface area contributed by atoms with Gasteiger partial charge in [0.1, 0.15) is 0 Å². The number of aromatic nitrogens is 3. The summed E-state index contributed by atoms with van der Waals surface area (Å²) in [6, 6.07) is 7.20. The van der Waals surface area contributed by atoms with Crippen LogP contribution in [0.4, 0.5) is 0 Å². The fraction of sp³-hybridized carbons (Fsp3) is 0.375. The molecule has 0 bridgehead atoms.